The van der Waals surface area contributed by atoms with Gasteiger partial charge in [-0.2, -0.15) is 0 Å². The van der Waals surface area contributed by atoms with Crippen LogP contribution in [0.15, 0.2) is 53.3 Å². The number of aromatic nitrogens is 3. The number of halogens is 1. The molecule has 2 amide bonds. The summed E-state index contributed by atoms with van der Waals surface area (Å²) in [7, 11) is 0. The number of fused-ring (bicyclic) bond motifs is 1. The van der Waals surface area contributed by atoms with Gasteiger partial charge in [-0.15, -0.1) is 5.10 Å². The van der Waals surface area contributed by atoms with Crippen LogP contribution in [0.25, 0.3) is 10.9 Å². The number of piperazine rings is 1. The number of nitrogens with zero attached hydrogens (tertiary/aromatic N) is 5. The minimum absolute atomic E-state index is 0.0447. The van der Waals surface area contributed by atoms with Gasteiger partial charge in [0, 0.05) is 32.6 Å². The van der Waals surface area contributed by atoms with Crippen LogP contribution >= 0.6 is 0 Å². The zero-order valence-electron chi connectivity index (χ0n) is 16.9. The first-order chi connectivity index (χ1) is 15.0. The van der Waals surface area contributed by atoms with E-state index in [4.69, 9.17) is 0 Å². The van der Waals surface area contributed by atoms with Gasteiger partial charge < -0.3 is 9.80 Å². The Hall–Kier alpha value is -3.62. The Balaban J connectivity index is 1.28. The highest BCUT2D eigenvalue weighted by Gasteiger charge is 2.24. The summed E-state index contributed by atoms with van der Waals surface area (Å²) >= 11 is 0. The van der Waals surface area contributed by atoms with Gasteiger partial charge in [0.1, 0.15) is 11.3 Å². The molecule has 0 N–H and O–H groups in total. The first-order valence-corrected chi connectivity index (χ1v) is 10.1. The molecule has 1 aliphatic rings. The first-order valence-electron chi connectivity index (χ1n) is 10.1. The van der Waals surface area contributed by atoms with E-state index in [1.54, 1.807) is 46.2 Å². The van der Waals surface area contributed by atoms with E-state index in [0.717, 1.165) is 5.56 Å². The summed E-state index contributed by atoms with van der Waals surface area (Å²) in [5, 5.41) is 8.41. The lowest BCUT2D eigenvalue weighted by Gasteiger charge is -2.35. The summed E-state index contributed by atoms with van der Waals surface area (Å²) in [6.07, 6.45) is 0.341. The van der Waals surface area contributed by atoms with Crippen molar-refractivity contribution >= 4 is 22.7 Å². The Bertz CT molecular complexity index is 1150. The molecular weight excluding hydrogens is 401 g/mol. The zero-order chi connectivity index (χ0) is 21.8. The van der Waals surface area contributed by atoms with Gasteiger partial charge in [-0.3, -0.25) is 14.4 Å². The summed E-state index contributed by atoms with van der Waals surface area (Å²) in [6.45, 7) is 1.92. The van der Waals surface area contributed by atoms with Gasteiger partial charge in [-0.05, 0) is 29.8 Å². The number of amides is 2. The lowest BCUT2D eigenvalue weighted by atomic mass is 10.1. The molecule has 4 rings (SSSR count). The maximum Gasteiger partial charge on any atom is 0.277 e. The number of hydrogen-bond acceptors (Lipinski definition) is 5. The molecule has 0 unspecified atom stereocenters. The molecule has 31 heavy (non-hydrogen) atoms. The quantitative estimate of drug-likeness (QED) is 0.616. The maximum absolute atomic E-state index is 13.0. The van der Waals surface area contributed by atoms with Gasteiger partial charge in [-0.25, -0.2) is 9.07 Å². The number of hydrogen-bond donors (Lipinski definition) is 0. The highest BCUT2D eigenvalue weighted by atomic mass is 19.1. The predicted molar refractivity (Wildman–Crippen MR) is 112 cm³/mol. The van der Waals surface area contributed by atoms with E-state index >= 15 is 0 Å². The number of aryl methyl sites for hydroxylation is 1. The molecule has 1 saturated heterocycles. The molecular formula is C22H22FN5O3. The van der Waals surface area contributed by atoms with Gasteiger partial charge in [0.05, 0.1) is 18.4 Å². The highest BCUT2D eigenvalue weighted by Crippen LogP contribution is 2.10. The molecule has 3 aromatic rings. The largest absolute Gasteiger partial charge is 0.339 e. The minimum Gasteiger partial charge on any atom is -0.339 e. The minimum atomic E-state index is -0.333. The van der Waals surface area contributed by atoms with Crippen molar-refractivity contribution in [3.8, 4) is 0 Å². The second-order valence-electron chi connectivity index (χ2n) is 7.45. The van der Waals surface area contributed by atoms with E-state index in [-0.39, 0.29) is 42.6 Å². The summed E-state index contributed by atoms with van der Waals surface area (Å²) in [6, 6.07) is 12.8. The molecule has 0 aliphatic carbocycles. The van der Waals surface area contributed by atoms with Gasteiger partial charge in [0.2, 0.25) is 11.8 Å². The summed E-state index contributed by atoms with van der Waals surface area (Å²) < 4.78 is 14.2. The summed E-state index contributed by atoms with van der Waals surface area (Å²) in [5.41, 5.74) is 1.01. The van der Waals surface area contributed by atoms with Crippen molar-refractivity contribution in [2.24, 2.45) is 0 Å². The Morgan fingerprint density at radius 3 is 2.26 bits per heavy atom. The van der Waals surface area contributed by atoms with Crippen LogP contribution in [0.5, 0.6) is 0 Å². The van der Waals surface area contributed by atoms with Gasteiger partial charge in [0.15, 0.2) is 0 Å². The van der Waals surface area contributed by atoms with Crippen LogP contribution in [-0.2, 0) is 22.6 Å². The van der Waals surface area contributed by atoms with Crippen LogP contribution in [0.1, 0.15) is 12.0 Å². The van der Waals surface area contributed by atoms with Crippen molar-refractivity contribution in [2.45, 2.75) is 19.4 Å². The molecule has 8 nitrogen and oxygen atoms in total. The normalized spacial score (nSPS) is 14.1. The molecule has 160 valence electrons. The van der Waals surface area contributed by atoms with E-state index in [0.29, 0.717) is 37.1 Å². The average Bonchev–Trinajstić information content (AvgIpc) is 2.80. The van der Waals surface area contributed by atoms with Crippen LogP contribution in [0.2, 0.25) is 0 Å². The first kappa shape index (κ1) is 20.6. The van der Waals surface area contributed by atoms with Crippen LogP contribution in [-0.4, -0.2) is 62.8 Å². The molecule has 2 aromatic carbocycles. The molecule has 1 aromatic heterocycles. The third-order valence-electron chi connectivity index (χ3n) is 5.42. The summed E-state index contributed by atoms with van der Waals surface area (Å²) in [5.74, 6) is -0.468. The summed E-state index contributed by atoms with van der Waals surface area (Å²) in [4.78, 5) is 40.9. The molecule has 9 heteroatoms. The number of carbonyl (C=O) groups is 2. The molecule has 0 spiro atoms. The Morgan fingerprint density at radius 1 is 0.903 bits per heavy atom. The van der Waals surface area contributed by atoms with E-state index in [2.05, 4.69) is 10.3 Å². The lowest BCUT2D eigenvalue weighted by molar-refractivity contribution is -0.139. The molecule has 1 fully saturated rings. The fourth-order valence-corrected chi connectivity index (χ4v) is 3.62. The van der Waals surface area contributed by atoms with Crippen molar-refractivity contribution in [1.29, 1.82) is 0 Å². The Labute approximate surface area is 177 Å². The number of carbonyl (C=O) groups excluding carboxylic acids is 2. The van der Waals surface area contributed by atoms with Crippen molar-refractivity contribution < 1.29 is 14.0 Å². The molecule has 0 bridgehead atoms. The van der Waals surface area contributed by atoms with Gasteiger partial charge >= 0.3 is 0 Å². The van der Waals surface area contributed by atoms with E-state index in [1.807, 2.05) is 0 Å². The number of benzene rings is 2. The monoisotopic (exact) mass is 423 g/mol. The topological polar surface area (TPSA) is 88.4 Å². The molecule has 0 radical (unpaired) electrons. The molecule has 1 aliphatic heterocycles. The van der Waals surface area contributed by atoms with Crippen LogP contribution in [0.3, 0.4) is 0 Å². The fraction of sp³-hybridized carbons (Fsp3) is 0.318. The van der Waals surface area contributed by atoms with E-state index in [1.165, 1.54) is 16.8 Å². The third kappa shape index (κ3) is 4.76. The zero-order valence-corrected chi connectivity index (χ0v) is 16.9. The average molecular weight is 423 g/mol. The van der Waals surface area contributed by atoms with Crippen molar-refractivity contribution in [3.05, 3.63) is 70.3 Å². The van der Waals surface area contributed by atoms with Crippen molar-refractivity contribution in [1.82, 2.24) is 24.8 Å². The second-order valence-corrected chi connectivity index (χ2v) is 7.45. The SMILES string of the molecule is O=C(CCn1nnc2ccccc2c1=O)N1CCN(C(=O)Cc2ccc(F)cc2)CC1. The molecule has 0 saturated carbocycles. The number of rotatable bonds is 5. The predicted octanol–water partition coefficient (Wildman–Crippen LogP) is 1.23. The van der Waals surface area contributed by atoms with Crippen molar-refractivity contribution in [2.75, 3.05) is 26.2 Å². The molecule has 2 heterocycles. The highest BCUT2D eigenvalue weighted by molar-refractivity contribution is 5.80. The maximum atomic E-state index is 13.0. The van der Waals surface area contributed by atoms with Crippen LogP contribution < -0.4 is 5.56 Å². The van der Waals surface area contributed by atoms with Gasteiger partial charge in [-0.1, -0.05) is 29.5 Å². The van der Waals surface area contributed by atoms with Crippen LogP contribution in [0, 0.1) is 5.82 Å². The fourth-order valence-electron chi connectivity index (χ4n) is 3.62. The smallest absolute Gasteiger partial charge is 0.277 e. The Morgan fingerprint density at radius 2 is 1.55 bits per heavy atom. The third-order valence-corrected chi connectivity index (χ3v) is 5.42. The van der Waals surface area contributed by atoms with Crippen molar-refractivity contribution in [3.63, 3.8) is 0 Å². The lowest BCUT2D eigenvalue weighted by Crippen LogP contribution is -2.51. The molecule has 0 atom stereocenters. The standard InChI is InChI=1S/C22H22FN5O3/c23-17-7-5-16(6-8-17)15-21(30)27-13-11-26(12-14-27)20(29)9-10-28-22(31)18-3-1-2-4-19(18)24-25-28/h1-8H,9-15H2. The van der Waals surface area contributed by atoms with E-state index in [9.17, 15) is 18.8 Å². The second kappa shape index (κ2) is 9.03. The van der Waals surface area contributed by atoms with E-state index < -0.39 is 0 Å². The van der Waals surface area contributed by atoms with Gasteiger partial charge in [0.25, 0.3) is 5.56 Å². The Kier molecular flexibility index (Phi) is 6.01. The van der Waals surface area contributed by atoms with Crippen LogP contribution in [0.4, 0.5) is 4.39 Å².